The van der Waals surface area contributed by atoms with Gasteiger partial charge in [0.15, 0.2) is 0 Å². The second-order valence-corrected chi connectivity index (χ2v) is 5.83. The monoisotopic (exact) mass is 281 g/mol. The van der Waals surface area contributed by atoms with Crippen molar-refractivity contribution in [2.45, 2.75) is 29.1 Å². The first kappa shape index (κ1) is 14.0. The van der Waals surface area contributed by atoms with Gasteiger partial charge >= 0.3 is 0 Å². The molecule has 1 aromatic heterocycles. The van der Waals surface area contributed by atoms with E-state index < -0.39 is 16.8 Å². The minimum atomic E-state index is -1.56. The molecule has 2 rings (SSSR count). The minimum absolute atomic E-state index is 0.0728. The highest BCUT2D eigenvalue weighted by Gasteiger charge is 2.16. The number of nitrogens with two attached hydrogens (primary N) is 1. The van der Waals surface area contributed by atoms with Crippen molar-refractivity contribution in [1.29, 1.82) is 0 Å². The van der Waals surface area contributed by atoms with E-state index in [2.05, 4.69) is 11.3 Å². The van der Waals surface area contributed by atoms with Crippen LogP contribution in [0, 0.1) is 6.01 Å². The first-order valence-electron chi connectivity index (χ1n) is 6.08. The molecule has 0 aliphatic heterocycles. The van der Waals surface area contributed by atoms with Crippen molar-refractivity contribution in [3.63, 3.8) is 0 Å². The highest BCUT2D eigenvalue weighted by molar-refractivity contribution is 7.85. The molecule has 0 radical (unpaired) electrons. The Morgan fingerprint density at radius 3 is 2.84 bits per heavy atom. The van der Waals surface area contributed by atoms with E-state index in [4.69, 9.17) is 5.73 Å². The molecule has 2 aromatic rings. The van der Waals surface area contributed by atoms with Crippen LogP contribution in [0.2, 0.25) is 0 Å². The van der Waals surface area contributed by atoms with Gasteiger partial charge in [-0.15, -0.1) is 0 Å². The van der Waals surface area contributed by atoms with Crippen molar-refractivity contribution in [3.8, 4) is 0 Å². The van der Waals surface area contributed by atoms with Gasteiger partial charge in [0.25, 0.3) is 6.01 Å². The van der Waals surface area contributed by atoms with E-state index in [1.54, 1.807) is 6.07 Å². The van der Waals surface area contributed by atoms with Gasteiger partial charge in [0.2, 0.25) is 0 Å². The third kappa shape index (κ3) is 3.11. The first-order valence-corrected chi connectivity index (χ1v) is 7.23. The fraction of sp³-hybridized carbons (Fsp3) is 0.286. The Labute approximate surface area is 114 Å². The molecule has 0 aliphatic carbocycles. The van der Waals surface area contributed by atoms with Crippen LogP contribution in [-0.4, -0.2) is 10.8 Å². The average molecular weight is 281 g/mol. The summed E-state index contributed by atoms with van der Waals surface area (Å²) in [6.45, 7) is 2.66. The van der Waals surface area contributed by atoms with Gasteiger partial charge in [-0.1, -0.05) is 19.1 Å². The molecule has 2 unspecified atom stereocenters. The summed E-state index contributed by atoms with van der Waals surface area (Å²) >= 11 is 0. The highest BCUT2D eigenvalue weighted by atomic mass is 32.2. The Morgan fingerprint density at radius 1 is 1.42 bits per heavy atom. The Hall–Kier alpha value is -1.46. The average Bonchev–Trinajstić information content (AvgIpc) is 2.84. The number of halogens is 1. The first-order chi connectivity index (χ1) is 9.13. The lowest BCUT2D eigenvalue weighted by molar-refractivity contribution is 0.344. The summed E-state index contributed by atoms with van der Waals surface area (Å²) in [4.78, 5) is 0.644. The van der Waals surface area contributed by atoms with Crippen molar-refractivity contribution in [1.82, 2.24) is 0 Å². The van der Waals surface area contributed by atoms with Gasteiger partial charge in [-0.3, -0.25) is 0 Å². The van der Waals surface area contributed by atoms with Gasteiger partial charge in [0, 0.05) is 4.90 Å². The van der Waals surface area contributed by atoms with Crippen LogP contribution in [0.4, 0.5) is 4.39 Å². The Morgan fingerprint density at radius 2 is 2.21 bits per heavy atom. The number of benzene rings is 1. The molecule has 0 spiro atoms. The zero-order valence-corrected chi connectivity index (χ0v) is 11.5. The molecule has 1 heterocycles. The molecule has 0 saturated heterocycles. The van der Waals surface area contributed by atoms with Crippen molar-refractivity contribution >= 4 is 10.8 Å². The normalized spacial score (nSPS) is 14.3. The molecule has 0 bridgehead atoms. The predicted octanol–water partition coefficient (Wildman–Crippen LogP) is 3.04. The maximum Gasteiger partial charge on any atom is 0.294 e. The van der Waals surface area contributed by atoms with Crippen LogP contribution in [0.15, 0.2) is 50.8 Å². The Balaban J connectivity index is 2.29. The number of hydrogen-bond acceptors (Lipinski definition) is 3. The van der Waals surface area contributed by atoms with Crippen LogP contribution in [0.5, 0.6) is 0 Å². The van der Waals surface area contributed by atoms with Crippen molar-refractivity contribution in [3.05, 3.63) is 48.2 Å². The fourth-order valence-electron chi connectivity index (χ4n) is 1.89. The van der Waals surface area contributed by atoms with E-state index in [9.17, 15) is 8.60 Å². The fourth-order valence-corrected chi connectivity index (χ4v) is 2.97. The van der Waals surface area contributed by atoms with Crippen molar-refractivity contribution in [2.75, 3.05) is 6.54 Å². The van der Waals surface area contributed by atoms with Crippen LogP contribution < -0.4 is 5.73 Å². The van der Waals surface area contributed by atoms with Gasteiger partial charge in [0.1, 0.15) is 4.90 Å². The van der Waals surface area contributed by atoms with Crippen molar-refractivity contribution < 1.29 is 13.0 Å². The summed E-state index contributed by atoms with van der Waals surface area (Å²) < 4.78 is 30.1. The van der Waals surface area contributed by atoms with Gasteiger partial charge in [-0.05, 0) is 42.6 Å². The van der Waals surface area contributed by atoms with E-state index in [1.165, 1.54) is 12.3 Å². The van der Waals surface area contributed by atoms with Crippen LogP contribution >= 0.6 is 0 Å². The van der Waals surface area contributed by atoms with Gasteiger partial charge < -0.3 is 10.2 Å². The molecule has 1 aromatic carbocycles. The third-order valence-corrected chi connectivity index (χ3v) is 4.40. The van der Waals surface area contributed by atoms with Gasteiger partial charge in [0.05, 0.1) is 17.1 Å². The highest BCUT2D eigenvalue weighted by Crippen LogP contribution is 2.24. The molecule has 2 atom stereocenters. The smallest absolute Gasteiger partial charge is 0.294 e. The lowest BCUT2D eigenvalue weighted by Gasteiger charge is -2.11. The zero-order valence-electron chi connectivity index (χ0n) is 10.6. The van der Waals surface area contributed by atoms with Crippen LogP contribution in [0.25, 0.3) is 0 Å². The molecule has 0 saturated carbocycles. The largest absolute Gasteiger partial charge is 0.439 e. The second kappa shape index (κ2) is 6.12. The molecule has 19 heavy (non-hydrogen) atoms. The topological polar surface area (TPSA) is 56.2 Å². The summed E-state index contributed by atoms with van der Waals surface area (Å²) in [6, 6.07) is 7.95. The molecule has 3 nitrogen and oxygen atoms in total. The van der Waals surface area contributed by atoms with E-state index in [-0.39, 0.29) is 10.8 Å². The quantitative estimate of drug-likeness (QED) is 0.916. The molecule has 2 N–H and O–H groups in total. The van der Waals surface area contributed by atoms with E-state index in [1.807, 2.05) is 18.2 Å². The summed E-state index contributed by atoms with van der Waals surface area (Å²) in [5.41, 5.74) is 6.60. The predicted molar refractivity (Wildman–Crippen MR) is 71.9 cm³/mol. The standard InChI is InChI=1S/C14H16FNO2S/c1-10(5-7-16)11-3-2-4-12(9-11)19(17)13-6-8-18-14(13)15/h2-4,6,8-10H,5,7,16H2,1H3. The molecule has 0 amide bonds. The van der Waals surface area contributed by atoms with E-state index >= 15 is 0 Å². The summed E-state index contributed by atoms with van der Waals surface area (Å²) in [6.07, 6.45) is 2.06. The lowest BCUT2D eigenvalue weighted by atomic mass is 9.98. The number of hydrogen-bond donors (Lipinski definition) is 1. The van der Waals surface area contributed by atoms with Crippen LogP contribution in [0.3, 0.4) is 0 Å². The van der Waals surface area contributed by atoms with Crippen LogP contribution in [0.1, 0.15) is 24.8 Å². The SMILES string of the molecule is CC(CCN)c1cccc(S(=O)c2ccoc2F)c1. The summed E-state index contributed by atoms with van der Waals surface area (Å²) in [5, 5.41) is 0. The Kier molecular flexibility index (Phi) is 4.50. The van der Waals surface area contributed by atoms with E-state index in [0.29, 0.717) is 11.4 Å². The zero-order chi connectivity index (χ0) is 13.8. The van der Waals surface area contributed by atoms with Gasteiger partial charge in [-0.2, -0.15) is 4.39 Å². The van der Waals surface area contributed by atoms with Crippen molar-refractivity contribution in [2.24, 2.45) is 5.73 Å². The number of furan rings is 1. The second-order valence-electron chi connectivity index (χ2n) is 4.38. The molecule has 102 valence electrons. The van der Waals surface area contributed by atoms with Crippen LogP contribution in [-0.2, 0) is 10.8 Å². The third-order valence-electron chi connectivity index (χ3n) is 3.03. The van der Waals surface area contributed by atoms with Gasteiger partial charge in [-0.25, -0.2) is 4.21 Å². The number of rotatable bonds is 5. The minimum Gasteiger partial charge on any atom is -0.439 e. The summed E-state index contributed by atoms with van der Waals surface area (Å²) in [7, 11) is -1.56. The molecule has 0 fully saturated rings. The molecule has 5 heteroatoms. The molecular formula is C14H16FNO2S. The molecular weight excluding hydrogens is 265 g/mol. The summed E-state index contributed by atoms with van der Waals surface area (Å²) in [5.74, 6) is 0.288. The van der Waals surface area contributed by atoms with E-state index in [0.717, 1.165) is 12.0 Å². The maximum atomic E-state index is 13.3. The molecule has 0 aliphatic rings. The Bertz CT molecular complexity index is 582. The lowest BCUT2D eigenvalue weighted by Crippen LogP contribution is -2.05. The maximum absolute atomic E-state index is 13.3.